The van der Waals surface area contributed by atoms with Gasteiger partial charge < -0.3 is 10.1 Å². The van der Waals surface area contributed by atoms with Crippen molar-refractivity contribution in [1.29, 1.82) is 0 Å². The summed E-state index contributed by atoms with van der Waals surface area (Å²) in [5.41, 5.74) is 4.64. The van der Waals surface area contributed by atoms with E-state index in [9.17, 15) is 4.79 Å². The minimum atomic E-state index is -0.0439. The molecule has 1 unspecified atom stereocenters. The third kappa shape index (κ3) is 6.27. The fraction of sp³-hybridized carbons (Fsp3) is 0.296. The van der Waals surface area contributed by atoms with Crippen LogP contribution in [0.2, 0.25) is 0 Å². The molecule has 31 heavy (non-hydrogen) atoms. The molecule has 1 aliphatic heterocycles. The number of rotatable bonds is 9. The lowest BCUT2D eigenvalue weighted by atomic mass is 10.1. The number of nitrogens with zero attached hydrogens (tertiary/aromatic N) is 1. The van der Waals surface area contributed by atoms with Crippen LogP contribution in [-0.2, 0) is 35.8 Å². The summed E-state index contributed by atoms with van der Waals surface area (Å²) in [7, 11) is 0. The Balaban J connectivity index is 1.26. The largest absolute Gasteiger partial charge is 0.372 e. The first kappa shape index (κ1) is 21.3. The highest BCUT2D eigenvalue weighted by Crippen LogP contribution is 2.20. The van der Waals surface area contributed by atoms with E-state index in [1.54, 1.807) is 0 Å². The monoisotopic (exact) mass is 414 g/mol. The molecule has 4 heteroatoms. The molecule has 1 fully saturated rings. The Morgan fingerprint density at radius 2 is 1.48 bits per heavy atom. The molecule has 1 heterocycles. The van der Waals surface area contributed by atoms with E-state index in [-0.39, 0.29) is 11.9 Å². The van der Waals surface area contributed by atoms with Gasteiger partial charge in [0.25, 0.3) is 0 Å². The summed E-state index contributed by atoms with van der Waals surface area (Å²) in [4.78, 5) is 15.1. The molecule has 0 bridgehead atoms. The van der Waals surface area contributed by atoms with E-state index in [0.717, 1.165) is 37.1 Å². The van der Waals surface area contributed by atoms with Crippen LogP contribution in [-0.4, -0.2) is 23.4 Å². The molecule has 0 aliphatic carbocycles. The number of benzene rings is 3. The summed E-state index contributed by atoms with van der Waals surface area (Å²) in [5, 5.41) is 3.14. The van der Waals surface area contributed by atoms with Crippen molar-refractivity contribution >= 4 is 5.91 Å². The Morgan fingerprint density at radius 1 is 0.839 bits per heavy atom. The lowest BCUT2D eigenvalue weighted by Crippen LogP contribution is -2.42. The van der Waals surface area contributed by atoms with Crippen molar-refractivity contribution < 1.29 is 9.53 Å². The number of carbonyl (C=O) groups excluding carboxylic acids is 1. The topological polar surface area (TPSA) is 41.6 Å². The Labute approximate surface area is 184 Å². The highest BCUT2D eigenvalue weighted by molar-refractivity contribution is 5.82. The number of carbonyl (C=O) groups is 1. The zero-order chi connectivity index (χ0) is 21.3. The summed E-state index contributed by atoms with van der Waals surface area (Å²) in [6.45, 7) is 3.50. The third-order valence-corrected chi connectivity index (χ3v) is 5.73. The predicted octanol–water partition coefficient (Wildman–Crippen LogP) is 4.68. The van der Waals surface area contributed by atoms with Gasteiger partial charge >= 0.3 is 0 Å². The summed E-state index contributed by atoms with van der Waals surface area (Å²) in [5.74, 6) is 0.124. The van der Waals surface area contributed by atoms with Gasteiger partial charge in [0.15, 0.2) is 0 Å². The molecule has 0 spiro atoms. The van der Waals surface area contributed by atoms with Crippen LogP contribution >= 0.6 is 0 Å². The molecule has 3 aromatic carbocycles. The van der Waals surface area contributed by atoms with Crippen LogP contribution in [0.15, 0.2) is 84.9 Å². The van der Waals surface area contributed by atoms with Crippen LogP contribution in [0, 0.1) is 0 Å². The molecule has 1 amide bonds. The number of ether oxygens (including phenoxy) is 1. The first-order chi connectivity index (χ1) is 15.3. The lowest BCUT2D eigenvalue weighted by molar-refractivity contribution is -0.125. The lowest BCUT2D eigenvalue weighted by Gasteiger charge is -2.23. The number of hydrogen-bond acceptors (Lipinski definition) is 3. The minimum absolute atomic E-state index is 0.0439. The van der Waals surface area contributed by atoms with E-state index in [4.69, 9.17) is 4.74 Å². The molecular formula is C27H30N2O2. The van der Waals surface area contributed by atoms with Crippen molar-refractivity contribution in [3.8, 4) is 0 Å². The van der Waals surface area contributed by atoms with Crippen molar-refractivity contribution in [2.24, 2.45) is 0 Å². The molecule has 1 aliphatic rings. The molecule has 1 atom stereocenters. The van der Waals surface area contributed by atoms with Gasteiger partial charge in [-0.3, -0.25) is 9.69 Å². The second kappa shape index (κ2) is 10.9. The fourth-order valence-corrected chi connectivity index (χ4v) is 4.13. The van der Waals surface area contributed by atoms with Gasteiger partial charge in [-0.25, -0.2) is 0 Å². The normalized spacial score (nSPS) is 16.3. The molecule has 1 N–H and O–H groups in total. The second-order valence-electron chi connectivity index (χ2n) is 8.13. The molecule has 0 radical (unpaired) electrons. The fourth-order valence-electron chi connectivity index (χ4n) is 4.13. The number of nitrogens with one attached hydrogen (secondary N) is 1. The van der Waals surface area contributed by atoms with Gasteiger partial charge in [0, 0.05) is 13.1 Å². The third-order valence-electron chi connectivity index (χ3n) is 5.73. The maximum absolute atomic E-state index is 12.9. The number of hydrogen-bond donors (Lipinski definition) is 1. The summed E-state index contributed by atoms with van der Waals surface area (Å²) in [6, 6.07) is 28.8. The standard InChI is InChI=1S/C27H30N2O2/c30-27(26-15-8-16-29(26)19-22-9-3-1-4-10-22)28-18-24-13-7-14-25(17-24)21-31-20-23-11-5-2-6-12-23/h1-7,9-14,17,26H,8,15-16,18-21H2,(H,28,30). The molecule has 4 nitrogen and oxygen atoms in total. The van der Waals surface area contributed by atoms with E-state index in [1.807, 2.05) is 30.3 Å². The molecule has 1 saturated heterocycles. The summed E-state index contributed by atoms with van der Waals surface area (Å²) >= 11 is 0. The van der Waals surface area contributed by atoms with Gasteiger partial charge in [-0.15, -0.1) is 0 Å². The van der Waals surface area contributed by atoms with Crippen molar-refractivity contribution in [3.05, 3.63) is 107 Å². The van der Waals surface area contributed by atoms with Gasteiger partial charge in [0.1, 0.15) is 0 Å². The van der Waals surface area contributed by atoms with Crippen LogP contribution in [0.1, 0.15) is 35.1 Å². The average Bonchev–Trinajstić information content (AvgIpc) is 3.27. The molecule has 3 aromatic rings. The second-order valence-corrected chi connectivity index (χ2v) is 8.13. The van der Waals surface area contributed by atoms with E-state index in [2.05, 4.69) is 64.8 Å². The van der Waals surface area contributed by atoms with E-state index >= 15 is 0 Å². The quantitative estimate of drug-likeness (QED) is 0.553. The van der Waals surface area contributed by atoms with Crippen LogP contribution in [0.3, 0.4) is 0 Å². The average molecular weight is 415 g/mol. The first-order valence-corrected chi connectivity index (χ1v) is 11.0. The van der Waals surface area contributed by atoms with Gasteiger partial charge in [-0.1, -0.05) is 84.9 Å². The van der Waals surface area contributed by atoms with E-state index < -0.39 is 0 Å². The zero-order valence-electron chi connectivity index (χ0n) is 17.9. The molecular weight excluding hydrogens is 384 g/mol. The van der Waals surface area contributed by atoms with Crippen LogP contribution in [0.25, 0.3) is 0 Å². The SMILES string of the molecule is O=C(NCc1cccc(COCc2ccccc2)c1)C1CCCN1Cc1ccccc1. The number of likely N-dealkylation sites (tertiary alicyclic amines) is 1. The van der Waals surface area contributed by atoms with Gasteiger partial charge in [-0.2, -0.15) is 0 Å². The maximum atomic E-state index is 12.9. The Morgan fingerprint density at radius 3 is 2.26 bits per heavy atom. The highest BCUT2D eigenvalue weighted by atomic mass is 16.5. The molecule has 0 saturated carbocycles. The minimum Gasteiger partial charge on any atom is -0.372 e. The summed E-state index contributed by atoms with van der Waals surface area (Å²) in [6.07, 6.45) is 1.99. The molecule has 0 aromatic heterocycles. The Hall–Kier alpha value is -2.95. The van der Waals surface area contributed by atoms with Crippen LogP contribution in [0.5, 0.6) is 0 Å². The van der Waals surface area contributed by atoms with E-state index in [1.165, 1.54) is 11.1 Å². The van der Waals surface area contributed by atoms with Gasteiger partial charge in [0.05, 0.1) is 19.3 Å². The number of amides is 1. The van der Waals surface area contributed by atoms with Gasteiger partial charge in [0.2, 0.25) is 5.91 Å². The van der Waals surface area contributed by atoms with Crippen LogP contribution < -0.4 is 5.32 Å². The van der Waals surface area contributed by atoms with Crippen molar-refractivity contribution in [1.82, 2.24) is 10.2 Å². The van der Waals surface area contributed by atoms with Crippen molar-refractivity contribution in [2.45, 2.75) is 45.2 Å². The predicted molar refractivity (Wildman–Crippen MR) is 123 cm³/mol. The maximum Gasteiger partial charge on any atom is 0.237 e. The summed E-state index contributed by atoms with van der Waals surface area (Å²) < 4.78 is 5.84. The van der Waals surface area contributed by atoms with Crippen LogP contribution in [0.4, 0.5) is 0 Å². The Bertz CT molecular complexity index is 959. The molecule has 160 valence electrons. The van der Waals surface area contributed by atoms with Crippen molar-refractivity contribution in [3.63, 3.8) is 0 Å². The smallest absolute Gasteiger partial charge is 0.237 e. The van der Waals surface area contributed by atoms with Crippen molar-refractivity contribution in [2.75, 3.05) is 6.54 Å². The first-order valence-electron chi connectivity index (χ1n) is 11.0. The van der Waals surface area contributed by atoms with Gasteiger partial charge in [-0.05, 0) is 41.6 Å². The zero-order valence-corrected chi connectivity index (χ0v) is 17.9. The molecule has 4 rings (SSSR count). The highest BCUT2D eigenvalue weighted by Gasteiger charge is 2.30. The Kier molecular flexibility index (Phi) is 7.48. The van der Waals surface area contributed by atoms with E-state index in [0.29, 0.717) is 19.8 Å².